The standard InChI is InChI=1S/C19H13NS4.C8H6O2S2.C6H5NS/c20-12-13(17-4-2-8-22-17)9-16-11-19-18(24-16)10-15(23-19)6-5-14-3-1-7-21-14;1-10-8-3-7-6(12-8)2-5(4-9)11-7;7-4-3-6-2-1-5-8-6/h1-11,18-19H;2-4H,1H3;1-2,5H,3H2/b6-5+,13-9+;;. The van der Waals surface area contributed by atoms with Crippen LogP contribution in [0.2, 0.25) is 0 Å². The number of ether oxygens (including phenoxy) is 1. The van der Waals surface area contributed by atoms with E-state index < -0.39 is 0 Å². The van der Waals surface area contributed by atoms with Crippen LogP contribution in [0.4, 0.5) is 0 Å². The summed E-state index contributed by atoms with van der Waals surface area (Å²) in [6, 6.07) is 20.4. The molecule has 0 bridgehead atoms. The van der Waals surface area contributed by atoms with E-state index in [4.69, 9.17) is 10.00 Å². The molecule has 2 aliphatic heterocycles. The highest BCUT2D eigenvalue weighted by molar-refractivity contribution is 8.09. The first-order valence-corrected chi connectivity index (χ1v) is 19.2. The number of hydrogen-bond acceptors (Lipinski definition) is 11. The first kappa shape index (κ1) is 32.3. The minimum atomic E-state index is 0.479. The van der Waals surface area contributed by atoms with Crippen molar-refractivity contribution in [2.45, 2.75) is 16.9 Å². The third kappa shape index (κ3) is 8.74. The number of aldehydes is 1. The molecule has 0 saturated carbocycles. The summed E-state index contributed by atoms with van der Waals surface area (Å²) in [6.45, 7) is 0. The van der Waals surface area contributed by atoms with Gasteiger partial charge in [-0.05, 0) is 58.6 Å². The van der Waals surface area contributed by atoms with Gasteiger partial charge in [0, 0.05) is 50.4 Å². The van der Waals surface area contributed by atoms with Crippen molar-refractivity contribution < 1.29 is 9.53 Å². The molecular weight excluding hydrogens is 681 g/mol. The van der Waals surface area contributed by atoms with Gasteiger partial charge >= 0.3 is 0 Å². The fourth-order valence-corrected chi connectivity index (χ4v) is 10.8. The van der Waals surface area contributed by atoms with Gasteiger partial charge in [0.05, 0.1) is 30.1 Å². The average Bonchev–Trinajstić information content (AvgIpc) is 3.87. The highest BCUT2D eigenvalue weighted by Gasteiger charge is 2.32. The summed E-state index contributed by atoms with van der Waals surface area (Å²) in [6.07, 6.45) is 12.5. The maximum Gasteiger partial charge on any atom is 0.175 e. The van der Waals surface area contributed by atoms with Gasteiger partial charge in [-0.2, -0.15) is 10.5 Å². The van der Waals surface area contributed by atoms with Crippen LogP contribution in [0, 0.1) is 22.7 Å². The summed E-state index contributed by atoms with van der Waals surface area (Å²) in [5, 5.41) is 25.5. The Morgan fingerprint density at radius 3 is 2.23 bits per heavy atom. The number of nitriles is 2. The maximum absolute atomic E-state index is 10.4. The van der Waals surface area contributed by atoms with E-state index in [1.165, 1.54) is 26.0 Å². The van der Waals surface area contributed by atoms with Gasteiger partial charge in [0.15, 0.2) is 11.3 Å². The molecule has 220 valence electrons. The van der Waals surface area contributed by atoms with Crippen LogP contribution in [0.1, 0.15) is 24.3 Å². The number of nitrogens with zero attached hydrogens (tertiary/aromatic N) is 2. The zero-order valence-electron chi connectivity index (χ0n) is 23.2. The number of methoxy groups -OCH3 is 1. The van der Waals surface area contributed by atoms with E-state index in [0.717, 1.165) is 41.0 Å². The van der Waals surface area contributed by atoms with Crippen molar-refractivity contribution in [2.75, 3.05) is 7.11 Å². The van der Waals surface area contributed by atoms with E-state index in [-0.39, 0.29) is 0 Å². The lowest BCUT2D eigenvalue weighted by Gasteiger charge is -2.03. The topological polar surface area (TPSA) is 73.9 Å². The van der Waals surface area contributed by atoms with Gasteiger partial charge < -0.3 is 4.74 Å². The van der Waals surface area contributed by atoms with Gasteiger partial charge in [0.25, 0.3) is 0 Å². The van der Waals surface area contributed by atoms with Gasteiger partial charge in [-0.25, -0.2) is 0 Å². The number of hydrogen-bond donors (Lipinski definition) is 0. The molecule has 7 heterocycles. The van der Waals surface area contributed by atoms with Crippen molar-refractivity contribution in [1.29, 1.82) is 10.5 Å². The quantitative estimate of drug-likeness (QED) is 0.124. The van der Waals surface area contributed by atoms with Crippen LogP contribution in [0.25, 0.3) is 21.0 Å². The van der Waals surface area contributed by atoms with E-state index in [2.05, 4.69) is 54.0 Å². The Balaban J connectivity index is 0.000000158. The van der Waals surface area contributed by atoms with Crippen molar-refractivity contribution in [3.05, 3.63) is 118 Å². The average molecular weight is 705 g/mol. The maximum atomic E-state index is 10.4. The normalized spacial score (nSPS) is 17.0. The fourth-order valence-electron chi connectivity index (χ4n) is 4.05. The SMILES string of the molecule is COc1cc2sc(C=O)cc2s1.N#C/C(=C\C1=CC2SC(/C=C/c3cccs3)=CC2S1)c1cccs1.N#CCc1cccs1. The lowest BCUT2D eigenvalue weighted by Crippen LogP contribution is -2.04. The van der Waals surface area contributed by atoms with Crippen molar-refractivity contribution in [3.8, 4) is 17.2 Å². The molecule has 4 nitrogen and oxygen atoms in total. The summed E-state index contributed by atoms with van der Waals surface area (Å²) >= 11 is 11.8. The molecule has 0 saturated heterocycles. The zero-order chi connectivity index (χ0) is 30.7. The van der Waals surface area contributed by atoms with Crippen LogP contribution < -0.4 is 4.74 Å². The van der Waals surface area contributed by atoms with Crippen LogP contribution in [-0.4, -0.2) is 23.9 Å². The number of rotatable bonds is 7. The van der Waals surface area contributed by atoms with Gasteiger partial charge in [-0.15, -0.1) is 68.9 Å². The van der Waals surface area contributed by atoms with E-state index in [1.54, 1.807) is 52.5 Å². The lowest BCUT2D eigenvalue weighted by atomic mass is 10.2. The van der Waals surface area contributed by atoms with E-state index in [9.17, 15) is 10.1 Å². The Kier molecular flexibility index (Phi) is 11.9. The fraction of sp³-hybridized carbons (Fsp3) is 0.121. The molecule has 5 aromatic heterocycles. The molecule has 0 N–H and O–H groups in total. The third-order valence-electron chi connectivity index (χ3n) is 6.03. The Bertz CT molecular complexity index is 1840. The first-order chi connectivity index (χ1) is 21.6. The molecule has 0 aromatic carbocycles. The predicted molar refractivity (Wildman–Crippen MR) is 195 cm³/mol. The number of carbonyl (C=O) groups is 1. The molecule has 0 radical (unpaired) electrons. The minimum Gasteiger partial charge on any atom is -0.487 e. The smallest absolute Gasteiger partial charge is 0.175 e. The highest BCUT2D eigenvalue weighted by atomic mass is 32.2. The number of thiophene rings is 5. The summed E-state index contributed by atoms with van der Waals surface area (Å²) in [4.78, 5) is 17.2. The Labute approximate surface area is 285 Å². The van der Waals surface area contributed by atoms with E-state index >= 15 is 0 Å². The lowest BCUT2D eigenvalue weighted by molar-refractivity contribution is 0.112. The molecule has 2 atom stereocenters. The molecule has 11 heteroatoms. The summed E-state index contributed by atoms with van der Waals surface area (Å²) in [5.41, 5.74) is 0.760. The zero-order valence-corrected chi connectivity index (χ0v) is 29.0. The molecule has 7 rings (SSSR count). The largest absolute Gasteiger partial charge is 0.487 e. The number of allylic oxidation sites excluding steroid dienone is 3. The van der Waals surface area contributed by atoms with Gasteiger partial charge in [0.1, 0.15) is 6.07 Å². The van der Waals surface area contributed by atoms with Crippen molar-refractivity contribution in [3.63, 3.8) is 0 Å². The minimum absolute atomic E-state index is 0.479. The van der Waals surface area contributed by atoms with E-state index in [1.807, 2.05) is 76.8 Å². The summed E-state index contributed by atoms with van der Waals surface area (Å²) in [5.74, 6) is 0. The molecule has 5 aromatic rings. The van der Waals surface area contributed by atoms with Crippen LogP contribution in [0.5, 0.6) is 5.06 Å². The number of fused-ring (bicyclic) bond motifs is 2. The van der Waals surface area contributed by atoms with Crippen LogP contribution >= 0.6 is 80.2 Å². The molecule has 0 amide bonds. The molecule has 0 fully saturated rings. The van der Waals surface area contributed by atoms with Crippen molar-refractivity contribution >= 4 is 108 Å². The van der Waals surface area contributed by atoms with Gasteiger partial charge in [-0.3, -0.25) is 4.79 Å². The molecule has 2 unspecified atom stereocenters. The van der Waals surface area contributed by atoms with Gasteiger partial charge in [-0.1, -0.05) is 41.7 Å². The monoisotopic (exact) mass is 704 g/mol. The second-order valence-electron chi connectivity index (χ2n) is 8.98. The Hall–Kier alpha value is -3.13. The first-order valence-electron chi connectivity index (χ1n) is 13.1. The predicted octanol–water partition coefficient (Wildman–Crippen LogP) is 11.0. The van der Waals surface area contributed by atoms with Gasteiger partial charge in [0.2, 0.25) is 0 Å². The Morgan fingerprint density at radius 1 is 0.864 bits per heavy atom. The molecular formula is C33H24N2O2S7. The molecule has 0 aliphatic carbocycles. The summed E-state index contributed by atoms with van der Waals surface area (Å²) < 4.78 is 7.32. The Morgan fingerprint density at radius 2 is 1.59 bits per heavy atom. The van der Waals surface area contributed by atoms with Crippen molar-refractivity contribution in [1.82, 2.24) is 0 Å². The third-order valence-corrected chi connectivity index (χ3v) is 13.5. The van der Waals surface area contributed by atoms with Crippen LogP contribution in [-0.2, 0) is 6.42 Å². The highest BCUT2D eigenvalue weighted by Crippen LogP contribution is 2.48. The van der Waals surface area contributed by atoms with Crippen LogP contribution in [0.15, 0.2) is 98.8 Å². The second kappa shape index (κ2) is 16.3. The summed E-state index contributed by atoms with van der Waals surface area (Å²) in [7, 11) is 1.65. The second-order valence-corrected chi connectivity index (χ2v) is 16.6. The molecule has 44 heavy (non-hydrogen) atoms. The van der Waals surface area contributed by atoms with Crippen LogP contribution in [0.3, 0.4) is 0 Å². The van der Waals surface area contributed by atoms with Crippen molar-refractivity contribution in [2.24, 2.45) is 0 Å². The van der Waals surface area contributed by atoms with E-state index in [0.29, 0.717) is 16.9 Å². The number of thioether (sulfide) groups is 2. The molecule has 2 aliphatic rings. The number of carbonyl (C=O) groups excluding carboxylic acids is 1. The molecule has 0 spiro atoms.